The molecule has 0 amide bonds. The molecule has 7 heteroatoms. The van der Waals surface area contributed by atoms with E-state index >= 15 is 0 Å². The van der Waals surface area contributed by atoms with E-state index in [-0.39, 0.29) is 22.7 Å². The summed E-state index contributed by atoms with van der Waals surface area (Å²) < 4.78 is 45.1. The molecule has 1 N–H and O–H groups in total. The van der Waals surface area contributed by atoms with Crippen LogP contribution in [0.25, 0.3) is 0 Å². The molecular formula is C13H19FN2O3S. The molecule has 20 heavy (non-hydrogen) atoms. The van der Waals surface area contributed by atoms with Crippen molar-refractivity contribution < 1.29 is 17.5 Å². The lowest BCUT2D eigenvalue weighted by Gasteiger charge is -2.36. The number of rotatable bonds is 3. The van der Waals surface area contributed by atoms with Crippen LogP contribution in [0.4, 0.5) is 4.39 Å². The number of hydrogen-bond donors (Lipinski definition) is 1. The Morgan fingerprint density at radius 2 is 2.10 bits per heavy atom. The minimum atomic E-state index is -3.69. The molecule has 1 fully saturated rings. The highest BCUT2D eigenvalue weighted by molar-refractivity contribution is 7.89. The summed E-state index contributed by atoms with van der Waals surface area (Å²) in [5.41, 5.74) is 0. The van der Waals surface area contributed by atoms with Crippen LogP contribution < -0.4 is 10.1 Å². The van der Waals surface area contributed by atoms with E-state index in [1.54, 1.807) is 0 Å². The Morgan fingerprint density at radius 1 is 1.40 bits per heavy atom. The van der Waals surface area contributed by atoms with Gasteiger partial charge in [0.15, 0.2) is 11.6 Å². The summed E-state index contributed by atoms with van der Waals surface area (Å²) in [5.74, 6) is -0.643. The fraction of sp³-hybridized carbons (Fsp3) is 0.538. The molecule has 0 spiro atoms. The van der Waals surface area contributed by atoms with Crippen LogP contribution in [0.2, 0.25) is 0 Å². The van der Waals surface area contributed by atoms with E-state index in [4.69, 9.17) is 4.74 Å². The number of nitrogens with one attached hydrogen (secondary N) is 1. The van der Waals surface area contributed by atoms with E-state index in [0.29, 0.717) is 13.1 Å². The summed E-state index contributed by atoms with van der Waals surface area (Å²) >= 11 is 0. The molecule has 2 unspecified atom stereocenters. The van der Waals surface area contributed by atoms with Crippen molar-refractivity contribution >= 4 is 10.0 Å². The Hall–Kier alpha value is -1.18. The smallest absolute Gasteiger partial charge is 0.243 e. The minimum Gasteiger partial charge on any atom is -0.494 e. The van der Waals surface area contributed by atoms with Crippen LogP contribution in [0, 0.1) is 5.82 Å². The fourth-order valence-corrected chi connectivity index (χ4v) is 4.00. The van der Waals surface area contributed by atoms with Gasteiger partial charge in [0.05, 0.1) is 12.0 Å². The molecule has 1 saturated heterocycles. The van der Waals surface area contributed by atoms with Gasteiger partial charge in [0.1, 0.15) is 0 Å². The van der Waals surface area contributed by atoms with Crippen LogP contribution in [0.15, 0.2) is 23.1 Å². The first-order valence-electron chi connectivity index (χ1n) is 6.45. The van der Waals surface area contributed by atoms with Crippen LogP contribution >= 0.6 is 0 Å². The van der Waals surface area contributed by atoms with Crippen LogP contribution in [0.5, 0.6) is 5.75 Å². The molecule has 2 rings (SSSR count). The van der Waals surface area contributed by atoms with Crippen LogP contribution in [-0.2, 0) is 10.0 Å². The number of nitrogens with zero attached hydrogens (tertiary/aromatic N) is 1. The van der Waals surface area contributed by atoms with Gasteiger partial charge >= 0.3 is 0 Å². The maximum absolute atomic E-state index is 13.7. The molecule has 2 atom stereocenters. The monoisotopic (exact) mass is 302 g/mol. The van der Waals surface area contributed by atoms with E-state index in [0.717, 1.165) is 6.07 Å². The van der Waals surface area contributed by atoms with Gasteiger partial charge in [0.2, 0.25) is 10.0 Å². The Kier molecular flexibility index (Phi) is 4.31. The van der Waals surface area contributed by atoms with Crippen molar-refractivity contribution in [3.63, 3.8) is 0 Å². The lowest BCUT2D eigenvalue weighted by molar-refractivity contribution is 0.244. The first-order chi connectivity index (χ1) is 9.36. The molecule has 1 aromatic carbocycles. The molecule has 112 valence electrons. The standard InChI is InChI=1S/C13H19FN2O3S/c1-9-8-16(10(2)7-15-9)20(17,18)11-4-5-13(19-3)12(14)6-11/h4-6,9-10,15H,7-8H2,1-3H3. The molecule has 0 bridgehead atoms. The second kappa shape index (κ2) is 5.67. The Balaban J connectivity index is 2.36. The minimum absolute atomic E-state index is 0.0330. The molecule has 1 heterocycles. The zero-order chi connectivity index (χ0) is 14.9. The average Bonchev–Trinajstić information content (AvgIpc) is 2.41. The second-order valence-electron chi connectivity index (χ2n) is 5.03. The molecule has 5 nitrogen and oxygen atoms in total. The van der Waals surface area contributed by atoms with Crippen molar-refractivity contribution in [3.05, 3.63) is 24.0 Å². The average molecular weight is 302 g/mol. The number of sulfonamides is 1. The van der Waals surface area contributed by atoms with Crippen LogP contribution in [0.1, 0.15) is 13.8 Å². The van der Waals surface area contributed by atoms with Crippen molar-refractivity contribution in [1.29, 1.82) is 0 Å². The molecule has 0 saturated carbocycles. The van der Waals surface area contributed by atoms with Gasteiger partial charge in [-0.1, -0.05) is 0 Å². The Bertz CT molecular complexity index is 591. The van der Waals surface area contributed by atoms with E-state index in [9.17, 15) is 12.8 Å². The SMILES string of the molecule is COc1ccc(S(=O)(=O)N2CC(C)NCC2C)cc1F. The third kappa shape index (κ3) is 2.79. The van der Waals surface area contributed by atoms with Crippen molar-refractivity contribution in [2.24, 2.45) is 0 Å². The highest BCUT2D eigenvalue weighted by Crippen LogP contribution is 2.25. The van der Waals surface area contributed by atoms with E-state index < -0.39 is 15.8 Å². The van der Waals surface area contributed by atoms with Gasteiger partial charge in [-0.05, 0) is 32.0 Å². The van der Waals surface area contributed by atoms with E-state index in [2.05, 4.69) is 5.32 Å². The normalized spacial score (nSPS) is 24.6. The van der Waals surface area contributed by atoms with Crippen molar-refractivity contribution in [1.82, 2.24) is 9.62 Å². The number of halogens is 1. The zero-order valence-corrected chi connectivity index (χ0v) is 12.6. The second-order valence-corrected chi connectivity index (χ2v) is 6.92. The van der Waals surface area contributed by atoms with Crippen molar-refractivity contribution in [2.75, 3.05) is 20.2 Å². The van der Waals surface area contributed by atoms with Gasteiger partial charge in [-0.25, -0.2) is 12.8 Å². The fourth-order valence-electron chi connectivity index (χ4n) is 2.27. The number of hydrogen-bond acceptors (Lipinski definition) is 4. The number of benzene rings is 1. The number of methoxy groups -OCH3 is 1. The Labute approximate surface area is 118 Å². The first-order valence-corrected chi connectivity index (χ1v) is 7.89. The third-order valence-corrected chi connectivity index (χ3v) is 5.41. The summed E-state index contributed by atoms with van der Waals surface area (Å²) in [6, 6.07) is 3.62. The van der Waals surface area contributed by atoms with Crippen molar-refractivity contribution in [2.45, 2.75) is 30.8 Å². The maximum atomic E-state index is 13.7. The quantitative estimate of drug-likeness (QED) is 0.911. The summed E-state index contributed by atoms with van der Waals surface area (Å²) in [6.07, 6.45) is 0. The molecule has 1 aromatic rings. The molecule has 1 aliphatic rings. The third-order valence-electron chi connectivity index (χ3n) is 3.44. The molecule has 0 aliphatic carbocycles. The molecule has 1 aliphatic heterocycles. The van der Waals surface area contributed by atoms with Gasteiger partial charge < -0.3 is 10.1 Å². The summed E-state index contributed by atoms with van der Waals surface area (Å²) in [4.78, 5) is -0.0447. The lowest BCUT2D eigenvalue weighted by atomic mass is 10.2. The molecular weight excluding hydrogens is 283 g/mol. The largest absolute Gasteiger partial charge is 0.494 e. The van der Waals surface area contributed by atoms with Gasteiger partial charge in [0.25, 0.3) is 0 Å². The van der Waals surface area contributed by atoms with E-state index in [1.165, 1.54) is 23.5 Å². The van der Waals surface area contributed by atoms with Crippen LogP contribution in [0.3, 0.4) is 0 Å². The van der Waals surface area contributed by atoms with Crippen molar-refractivity contribution in [3.8, 4) is 5.75 Å². The van der Waals surface area contributed by atoms with Gasteiger partial charge in [-0.3, -0.25) is 0 Å². The summed E-state index contributed by atoms with van der Waals surface area (Å²) in [7, 11) is -2.35. The predicted octanol–water partition coefficient (Wildman–Crippen LogP) is 1.21. The number of ether oxygens (including phenoxy) is 1. The molecule has 0 aromatic heterocycles. The summed E-state index contributed by atoms with van der Waals surface area (Å²) in [5, 5.41) is 3.21. The van der Waals surface area contributed by atoms with Gasteiger partial charge in [-0.15, -0.1) is 0 Å². The molecule has 0 radical (unpaired) electrons. The zero-order valence-electron chi connectivity index (χ0n) is 11.8. The predicted molar refractivity (Wildman–Crippen MR) is 73.8 cm³/mol. The topological polar surface area (TPSA) is 58.6 Å². The maximum Gasteiger partial charge on any atom is 0.243 e. The highest BCUT2D eigenvalue weighted by atomic mass is 32.2. The Morgan fingerprint density at radius 3 is 2.70 bits per heavy atom. The van der Waals surface area contributed by atoms with Gasteiger partial charge in [-0.2, -0.15) is 4.31 Å². The number of piperazine rings is 1. The van der Waals surface area contributed by atoms with Gasteiger partial charge in [0, 0.05) is 25.2 Å². The van der Waals surface area contributed by atoms with E-state index in [1.807, 2.05) is 13.8 Å². The van der Waals surface area contributed by atoms with Crippen LogP contribution in [-0.4, -0.2) is 45.0 Å². The summed E-state index contributed by atoms with van der Waals surface area (Å²) in [6.45, 7) is 4.70. The highest BCUT2D eigenvalue weighted by Gasteiger charge is 2.33. The first kappa shape index (κ1) is 15.2. The lowest BCUT2D eigenvalue weighted by Crippen LogP contribution is -2.56.